The summed E-state index contributed by atoms with van der Waals surface area (Å²) in [4.78, 5) is 27.2. The van der Waals surface area contributed by atoms with Crippen molar-refractivity contribution >= 4 is 39.7 Å². The standard InChI is InChI=1S/C10H8N2O2.C6H5.C2H6.BrH.Mg/c1-6(13)7-2-3-9-8(4-7)10(14)12-5-11-9;1-2-4-6-5-3-1;1-2;;/h2-5H,1H3,(H,11,12,14);1-5H;1-2H3;1H;/q;-1;;;+2/p-1/i/hD. The second-order valence-corrected chi connectivity index (χ2v) is 4.04. The topological polar surface area (TPSA) is 62.8 Å². The Morgan fingerprint density at radius 3 is 2.29 bits per heavy atom. The molecule has 0 saturated carbocycles. The van der Waals surface area contributed by atoms with E-state index in [1.165, 1.54) is 13.0 Å². The first-order valence-corrected chi connectivity index (χ1v) is 7.02. The number of ketones is 1. The van der Waals surface area contributed by atoms with Gasteiger partial charge in [-0.15, -0.1) is 0 Å². The molecule has 0 aliphatic heterocycles. The number of hydrogen-bond acceptors (Lipinski definition) is 3. The van der Waals surface area contributed by atoms with E-state index in [2.05, 4.69) is 11.1 Å². The molecular formula is C18H19BrMgN2O2. The fourth-order valence-corrected chi connectivity index (χ4v) is 1.59. The maximum atomic E-state index is 11.5. The third kappa shape index (κ3) is 7.85. The number of hydrogen-bond donors (Lipinski definition) is 1. The fraction of sp³-hybridized carbons (Fsp3) is 0.167. The van der Waals surface area contributed by atoms with Gasteiger partial charge in [-0.25, -0.2) is 4.98 Å². The third-order valence-electron chi connectivity index (χ3n) is 2.61. The van der Waals surface area contributed by atoms with Crippen molar-refractivity contribution < 1.29 is 23.2 Å². The van der Waals surface area contributed by atoms with Crippen molar-refractivity contribution in [3.8, 4) is 0 Å². The van der Waals surface area contributed by atoms with E-state index in [1.807, 2.05) is 44.2 Å². The summed E-state index contributed by atoms with van der Waals surface area (Å²) in [6, 6.07) is 17.2. The summed E-state index contributed by atoms with van der Waals surface area (Å²) >= 11 is 0. The predicted octanol–water partition coefficient (Wildman–Crippen LogP) is 0.262. The van der Waals surface area contributed by atoms with Crippen molar-refractivity contribution in [2.45, 2.75) is 20.8 Å². The monoisotopic (exact) mass is 399 g/mol. The van der Waals surface area contributed by atoms with Crippen LogP contribution in [0.5, 0.6) is 0 Å². The average Bonchev–Trinajstić information content (AvgIpc) is 2.62. The molecule has 1 aromatic heterocycles. The smallest absolute Gasteiger partial charge is 1.00 e. The van der Waals surface area contributed by atoms with E-state index in [0.29, 0.717) is 21.4 Å². The second-order valence-electron chi connectivity index (χ2n) is 4.04. The summed E-state index contributed by atoms with van der Waals surface area (Å²) in [7, 11) is 0. The largest absolute Gasteiger partial charge is 2.00 e. The summed E-state index contributed by atoms with van der Waals surface area (Å²) in [5.74, 6) is -0.114. The molecule has 1 heterocycles. The molecule has 0 atom stereocenters. The number of nitrogens with zero attached hydrogens (tertiary/aromatic N) is 1. The Morgan fingerprint density at radius 1 is 1.21 bits per heavy atom. The molecule has 0 aliphatic carbocycles. The molecule has 0 radical (unpaired) electrons. The van der Waals surface area contributed by atoms with Crippen LogP contribution in [-0.2, 0) is 0 Å². The third-order valence-corrected chi connectivity index (χ3v) is 2.61. The van der Waals surface area contributed by atoms with Crippen molar-refractivity contribution in [1.82, 2.24) is 9.96 Å². The minimum atomic E-state index is -0.469. The maximum absolute atomic E-state index is 11.5. The first-order chi connectivity index (χ1) is 11.1. The zero-order valence-corrected chi connectivity index (χ0v) is 17.0. The molecule has 0 aliphatic rings. The zero-order chi connectivity index (χ0) is 17.2. The van der Waals surface area contributed by atoms with Crippen LogP contribution < -0.4 is 22.5 Å². The Bertz CT molecular complexity index is 799. The van der Waals surface area contributed by atoms with Crippen LogP contribution in [0.3, 0.4) is 0 Å². The van der Waals surface area contributed by atoms with E-state index in [9.17, 15) is 9.59 Å². The SMILES string of the molecule is CC.[2H]n1cnc2ccc(C(C)=O)cc2c1=O.[Br-].[Mg+2].[c-]1ccccc1. The van der Waals surface area contributed by atoms with Crippen LogP contribution >= 0.6 is 0 Å². The van der Waals surface area contributed by atoms with Crippen LogP contribution in [-0.4, -0.2) is 38.8 Å². The van der Waals surface area contributed by atoms with Gasteiger partial charge in [0, 0.05) is 5.56 Å². The first-order valence-electron chi connectivity index (χ1n) is 7.47. The molecule has 0 spiro atoms. The fourth-order valence-electron chi connectivity index (χ4n) is 1.59. The summed E-state index contributed by atoms with van der Waals surface area (Å²) < 4.78 is 7.24. The van der Waals surface area contributed by atoms with Crippen molar-refractivity contribution in [3.63, 3.8) is 0 Å². The summed E-state index contributed by atoms with van der Waals surface area (Å²) in [5.41, 5.74) is 0.476. The Morgan fingerprint density at radius 2 is 1.83 bits per heavy atom. The van der Waals surface area contributed by atoms with E-state index >= 15 is 0 Å². The summed E-state index contributed by atoms with van der Waals surface area (Å²) in [6.45, 7) is 5.43. The minimum Gasteiger partial charge on any atom is -1.00 e. The van der Waals surface area contributed by atoms with E-state index in [0.717, 1.165) is 6.33 Å². The molecule has 3 aromatic rings. The van der Waals surface area contributed by atoms with E-state index in [4.69, 9.17) is 1.41 Å². The molecular weight excluding hydrogens is 380 g/mol. The van der Waals surface area contributed by atoms with Gasteiger partial charge in [0.1, 0.15) is 0 Å². The Hall–Kier alpha value is -1.50. The average molecular weight is 401 g/mol. The van der Waals surface area contributed by atoms with Crippen molar-refractivity contribution in [1.29, 1.82) is 0 Å². The molecule has 0 unspecified atom stereocenters. The van der Waals surface area contributed by atoms with Crippen LogP contribution in [0.25, 0.3) is 10.9 Å². The molecule has 2 aromatic carbocycles. The predicted molar refractivity (Wildman–Crippen MR) is 94.7 cm³/mol. The van der Waals surface area contributed by atoms with Gasteiger partial charge < -0.3 is 22.0 Å². The number of rotatable bonds is 1. The summed E-state index contributed by atoms with van der Waals surface area (Å²) in [5, 5.41) is 0.292. The van der Waals surface area contributed by atoms with Gasteiger partial charge in [-0.05, 0) is 25.1 Å². The number of aromatic amines is 1. The van der Waals surface area contributed by atoms with Crippen molar-refractivity contribution in [2.24, 2.45) is 0 Å². The number of H-pyrrole nitrogens is 1. The van der Waals surface area contributed by atoms with Crippen LogP contribution in [0.15, 0.2) is 59.7 Å². The Kier molecular flexibility index (Phi) is 13.0. The van der Waals surface area contributed by atoms with E-state index < -0.39 is 5.56 Å². The van der Waals surface area contributed by atoms with Gasteiger partial charge in [0.25, 0.3) is 5.56 Å². The minimum absolute atomic E-state index is 0. The molecule has 3 rings (SSSR count). The molecule has 122 valence electrons. The number of carbonyl (C=O) groups is 1. The number of carbonyl (C=O) groups excluding carboxylic acids is 1. The van der Waals surface area contributed by atoms with Gasteiger partial charge >= 0.3 is 23.1 Å². The van der Waals surface area contributed by atoms with E-state index in [-0.39, 0.29) is 45.8 Å². The molecule has 0 saturated heterocycles. The van der Waals surface area contributed by atoms with Crippen molar-refractivity contribution in [2.75, 3.05) is 0 Å². The molecule has 4 nitrogen and oxygen atoms in total. The van der Waals surface area contributed by atoms with Crippen LogP contribution in [0.2, 0.25) is 1.41 Å². The first kappa shape index (κ1) is 22.5. The molecule has 1 N–H and O–H groups in total. The number of aromatic nitrogens is 2. The van der Waals surface area contributed by atoms with Gasteiger partial charge in [-0.2, -0.15) is 36.4 Å². The van der Waals surface area contributed by atoms with Gasteiger partial charge in [0.15, 0.2) is 7.20 Å². The molecule has 0 bridgehead atoms. The van der Waals surface area contributed by atoms with Gasteiger partial charge in [-0.1, -0.05) is 13.8 Å². The number of fused-ring (bicyclic) bond motifs is 1. The van der Waals surface area contributed by atoms with E-state index in [1.54, 1.807) is 12.1 Å². The van der Waals surface area contributed by atoms with Crippen LogP contribution in [0.1, 0.15) is 31.1 Å². The van der Waals surface area contributed by atoms with Crippen molar-refractivity contribution in [3.05, 3.63) is 76.8 Å². The summed E-state index contributed by atoms with van der Waals surface area (Å²) in [6.07, 6.45) is 1.14. The van der Waals surface area contributed by atoms with Gasteiger partial charge in [0.2, 0.25) is 0 Å². The molecule has 24 heavy (non-hydrogen) atoms. The van der Waals surface area contributed by atoms with Crippen LogP contribution in [0.4, 0.5) is 0 Å². The molecule has 6 heteroatoms. The second kappa shape index (κ2) is 13.9. The number of halogens is 1. The Labute approximate surface area is 170 Å². The normalized spacial score (nSPS) is 8.88. The zero-order valence-electron chi connectivity index (χ0n) is 15.0. The van der Waals surface area contributed by atoms with Crippen LogP contribution in [0, 0.1) is 6.07 Å². The van der Waals surface area contributed by atoms with Gasteiger partial charge in [0.05, 0.1) is 17.2 Å². The quantitative estimate of drug-likeness (QED) is 0.362. The number of nitrogens with one attached hydrogen (secondary N) is 1. The Balaban J connectivity index is 0. The molecule has 0 amide bonds. The maximum Gasteiger partial charge on any atom is 2.00 e. The molecule has 0 fully saturated rings. The van der Waals surface area contributed by atoms with Gasteiger partial charge in [-0.3, -0.25) is 9.59 Å². The number of benzene rings is 2. The number of Topliss-reactive ketones (excluding diaryl/α,β-unsaturated/α-hetero) is 1.